The van der Waals surface area contributed by atoms with Crippen molar-refractivity contribution in [2.75, 3.05) is 29.9 Å². The number of urea groups is 1. The molecule has 0 bridgehead atoms. The standard InChI is InChI=1S/C14H18N2O4S/c17-13(18)6-3-11-1-4-12(5-2-11)15-14(19)16-7-9-21(20)10-8-16/h1-2,4-5H,3,6-10H2,(H,15,19)(H,17,18). The SMILES string of the molecule is O=C(O)CCc1ccc(NC(=O)N2CCS(=O)CC2)cc1. The molecule has 1 fully saturated rings. The molecule has 1 heterocycles. The molecule has 0 radical (unpaired) electrons. The van der Waals surface area contributed by atoms with Crippen LogP contribution < -0.4 is 5.32 Å². The fourth-order valence-corrected chi connectivity index (χ4v) is 3.10. The minimum absolute atomic E-state index is 0.0939. The van der Waals surface area contributed by atoms with Gasteiger partial charge >= 0.3 is 12.0 Å². The van der Waals surface area contributed by atoms with Gasteiger partial charge in [-0.05, 0) is 24.1 Å². The summed E-state index contributed by atoms with van der Waals surface area (Å²) >= 11 is 0. The van der Waals surface area contributed by atoms with Crippen LogP contribution in [0.2, 0.25) is 0 Å². The lowest BCUT2D eigenvalue weighted by atomic mass is 10.1. The molecule has 2 amide bonds. The maximum absolute atomic E-state index is 12.0. The maximum Gasteiger partial charge on any atom is 0.321 e. The Kier molecular flexibility index (Phi) is 5.32. The Labute approximate surface area is 125 Å². The molecule has 0 atom stereocenters. The van der Waals surface area contributed by atoms with Crippen molar-refractivity contribution in [3.63, 3.8) is 0 Å². The second kappa shape index (κ2) is 7.21. The van der Waals surface area contributed by atoms with Crippen molar-refractivity contribution in [1.82, 2.24) is 4.90 Å². The summed E-state index contributed by atoms with van der Waals surface area (Å²) in [4.78, 5) is 24.2. The summed E-state index contributed by atoms with van der Waals surface area (Å²) in [5.41, 5.74) is 1.59. The molecule has 114 valence electrons. The largest absolute Gasteiger partial charge is 0.481 e. The van der Waals surface area contributed by atoms with E-state index >= 15 is 0 Å². The van der Waals surface area contributed by atoms with Gasteiger partial charge in [0.25, 0.3) is 0 Å². The highest BCUT2D eigenvalue weighted by atomic mass is 32.2. The van der Waals surface area contributed by atoms with Gasteiger partial charge in [0.1, 0.15) is 0 Å². The Bertz CT molecular complexity index is 534. The third kappa shape index (κ3) is 4.86. The average Bonchev–Trinajstić information content (AvgIpc) is 2.47. The van der Waals surface area contributed by atoms with Gasteiger partial charge in [0.05, 0.1) is 0 Å². The quantitative estimate of drug-likeness (QED) is 0.877. The van der Waals surface area contributed by atoms with Crippen molar-refractivity contribution in [2.45, 2.75) is 12.8 Å². The fourth-order valence-electron chi connectivity index (χ4n) is 2.05. The molecule has 2 N–H and O–H groups in total. The maximum atomic E-state index is 12.0. The summed E-state index contributed by atoms with van der Waals surface area (Å²) in [6, 6.07) is 6.95. The summed E-state index contributed by atoms with van der Waals surface area (Å²) < 4.78 is 11.2. The predicted molar refractivity (Wildman–Crippen MR) is 80.9 cm³/mol. The number of nitrogens with zero attached hydrogens (tertiary/aromatic N) is 1. The lowest BCUT2D eigenvalue weighted by molar-refractivity contribution is -0.136. The van der Waals surface area contributed by atoms with Crippen LogP contribution in [0.3, 0.4) is 0 Å². The van der Waals surface area contributed by atoms with Crippen molar-refractivity contribution >= 4 is 28.5 Å². The summed E-state index contributed by atoms with van der Waals surface area (Å²) in [6.45, 7) is 1.02. The lowest BCUT2D eigenvalue weighted by Gasteiger charge is -2.26. The highest BCUT2D eigenvalue weighted by Crippen LogP contribution is 2.12. The van der Waals surface area contributed by atoms with Gasteiger partial charge in [-0.3, -0.25) is 9.00 Å². The number of aryl methyl sites for hydroxylation is 1. The molecule has 1 saturated heterocycles. The Balaban J connectivity index is 1.86. The Hall–Kier alpha value is -1.89. The number of carbonyl (C=O) groups is 2. The van der Waals surface area contributed by atoms with Crippen LogP contribution in [0.25, 0.3) is 0 Å². The van der Waals surface area contributed by atoms with Gasteiger partial charge in [0.2, 0.25) is 0 Å². The van der Waals surface area contributed by atoms with E-state index in [1.807, 2.05) is 12.1 Å². The van der Waals surface area contributed by atoms with E-state index in [1.54, 1.807) is 17.0 Å². The van der Waals surface area contributed by atoms with Gasteiger partial charge in [-0.25, -0.2) is 4.79 Å². The van der Waals surface area contributed by atoms with Crippen LogP contribution in [0, 0.1) is 0 Å². The molecule has 1 aromatic carbocycles. The number of aliphatic carboxylic acids is 1. The first-order valence-electron chi connectivity index (χ1n) is 6.76. The molecular weight excluding hydrogens is 292 g/mol. The highest BCUT2D eigenvalue weighted by molar-refractivity contribution is 7.85. The van der Waals surface area contributed by atoms with Gasteiger partial charge in [-0.1, -0.05) is 12.1 Å². The monoisotopic (exact) mass is 310 g/mol. The van der Waals surface area contributed by atoms with Crippen LogP contribution in [0.4, 0.5) is 10.5 Å². The predicted octanol–water partition coefficient (Wildman–Crippen LogP) is 1.30. The Morgan fingerprint density at radius 1 is 1.19 bits per heavy atom. The normalized spacial score (nSPS) is 15.7. The minimum atomic E-state index is -0.824. The van der Waals surface area contributed by atoms with Gasteiger partial charge in [0, 0.05) is 47.5 Å². The van der Waals surface area contributed by atoms with E-state index in [0.717, 1.165) is 5.56 Å². The third-order valence-corrected chi connectivity index (χ3v) is 4.57. The van der Waals surface area contributed by atoms with E-state index in [2.05, 4.69) is 5.32 Å². The second-order valence-electron chi connectivity index (χ2n) is 4.86. The van der Waals surface area contributed by atoms with Crippen molar-refractivity contribution in [1.29, 1.82) is 0 Å². The summed E-state index contributed by atoms with van der Waals surface area (Å²) in [5.74, 6) is 0.234. The first-order valence-corrected chi connectivity index (χ1v) is 8.25. The summed E-state index contributed by atoms with van der Waals surface area (Å²) in [6.07, 6.45) is 0.568. The number of benzene rings is 1. The molecule has 7 heteroatoms. The van der Waals surface area contributed by atoms with Crippen LogP contribution >= 0.6 is 0 Å². The number of amides is 2. The van der Waals surface area contributed by atoms with E-state index in [-0.39, 0.29) is 12.5 Å². The summed E-state index contributed by atoms with van der Waals surface area (Å²) in [7, 11) is -0.803. The number of carboxylic acid groups (broad SMARTS) is 1. The first-order chi connectivity index (χ1) is 10.0. The van der Waals surface area contributed by atoms with Crippen molar-refractivity contribution in [3.8, 4) is 0 Å². The molecule has 1 aromatic rings. The van der Waals surface area contributed by atoms with Crippen LogP contribution in [0.15, 0.2) is 24.3 Å². The molecule has 2 rings (SSSR count). The number of hydrogen-bond acceptors (Lipinski definition) is 3. The zero-order chi connectivity index (χ0) is 15.2. The van der Waals surface area contributed by atoms with Gasteiger partial charge in [-0.15, -0.1) is 0 Å². The molecular formula is C14H18N2O4S. The number of anilines is 1. The van der Waals surface area contributed by atoms with E-state index < -0.39 is 16.8 Å². The first kappa shape index (κ1) is 15.5. The molecule has 0 unspecified atom stereocenters. The lowest BCUT2D eigenvalue weighted by Crippen LogP contribution is -2.43. The fraction of sp³-hybridized carbons (Fsp3) is 0.429. The number of nitrogens with one attached hydrogen (secondary N) is 1. The molecule has 0 spiro atoms. The van der Waals surface area contributed by atoms with Crippen LogP contribution in [-0.2, 0) is 22.0 Å². The molecule has 6 nitrogen and oxygen atoms in total. The molecule has 21 heavy (non-hydrogen) atoms. The van der Waals surface area contributed by atoms with Crippen LogP contribution in [0.1, 0.15) is 12.0 Å². The van der Waals surface area contributed by atoms with E-state index in [9.17, 15) is 13.8 Å². The van der Waals surface area contributed by atoms with Crippen molar-refractivity contribution < 1.29 is 18.9 Å². The molecule has 1 aliphatic heterocycles. The van der Waals surface area contributed by atoms with E-state index in [0.29, 0.717) is 36.7 Å². The average molecular weight is 310 g/mol. The van der Waals surface area contributed by atoms with Crippen LogP contribution in [0.5, 0.6) is 0 Å². The van der Waals surface area contributed by atoms with Crippen molar-refractivity contribution in [2.24, 2.45) is 0 Å². The van der Waals surface area contributed by atoms with E-state index in [1.165, 1.54) is 0 Å². The molecule has 1 aliphatic rings. The van der Waals surface area contributed by atoms with Gasteiger partial charge in [0.15, 0.2) is 0 Å². The zero-order valence-electron chi connectivity index (χ0n) is 11.6. The van der Waals surface area contributed by atoms with E-state index in [4.69, 9.17) is 5.11 Å². The van der Waals surface area contributed by atoms with Crippen LogP contribution in [-0.4, -0.2) is 50.8 Å². The Morgan fingerprint density at radius 2 is 1.81 bits per heavy atom. The third-order valence-electron chi connectivity index (χ3n) is 3.30. The zero-order valence-corrected chi connectivity index (χ0v) is 12.4. The smallest absolute Gasteiger partial charge is 0.321 e. The van der Waals surface area contributed by atoms with Gasteiger partial charge < -0.3 is 15.3 Å². The number of carbonyl (C=O) groups excluding carboxylic acids is 1. The number of hydrogen-bond donors (Lipinski definition) is 2. The summed E-state index contributed by atoms with van der Waals surface area (Å²) in [5, 5.41) is 11.4. The topological polar surface area (TPSA) is 86.7 Å². The molecule has 0 aromatic heterocycles. The molecule has 0 saturated carbocycles. The second-order valence-corrected chi connectivity index (χ2v) is 6.55. The van der Waals surface area contributed by atoms with Gasteiger partial charge in [-0.2, -0.15) is 0 Å². The molecule has 0 aliphatic carbocycles. The highest BCUT2D eigenvalue weighted by Gasteiger charge is 2.19. The Morgan fingerprint density at radius 3 is 2.38 bits per heavy atom. The number of carboxylic acids is 1. The van der Waals surface area contributed by atoms with Crippen molar-refractivity contribution in [3.05, 3.63) is 29.8 Å². The number of rotatable bonds is 4. The minimum Gasteiger partial charge on any atom is -0.481 e.